The number of ether oxygens (including phenoxy) is 4. The lowest BCUT2D eigenvalue weighted by molar-refractivity contribution is -0.0645. The Balaban J connectivity index is 0.870. The summed E-state index contributed by atoms with van der Waals surface area (Å²) >= 11 is 0. The molecule has 4 fully saturated rings. The van der Waals surface area contributed by atoms with Gasteiger partial charge < -0.3 is 91.9 Å². The molecule has 0 aliphatic carbocycles. The van der Waals surface area contributed by atoms with Gasteiger partial charge in [-0.15, -0.1) is 0 Å². The number of rotatable bonds is 22. The van der Waals surface area contributed by atoms with Crippen LogP contribution in [0, 0.1) is 0 Å². The zero-order chi connectivity index (χ0) is 63.0. The highest BCUT2D eigenvalue weighted by Crippen LogP contribution is 2.54. The van der Waals surface area contributed by atoms with E-state index in [1.807, 2.05) is 0 Å². The summed E-state index contributed by atoms with van der Waals surface area (Å²) < 4.78 is 115. The number of hydrogen-bond acceptors (Lipinski definition) is 34. The van der Waals surface area contributed by atoms with Gasteiger partial charge in [0.25, 0.3) is 11.1 Å². The molecule has 49 heteroatoms. The van der Waals surface area contributed by atoms with Gasteiger partial charge in [0.2, 0.25) is 11.9 Å². The molecule has 0 saturated carbocycles. The molecule has 87 heavy (non-hydrogen) atoms. The lowest BCUT2D eigenvalue weighted by Gasteiger charge is -2.26. The largest absolute Gasteiger partial charge is 0.472 e. The average Bonchev–Trinajstić information content (AvgIpc) is 1.88. The highest BCUT2D eigenvalue weighted by molar-refractivity contribution is 7.48. The number of phosphoric acid groups is 4. The van der Waals surface area contributed by atoms with E-state index in [2.05, 4.69) is 44.4 Å². The standard InChI is InChI=1S/C38H50N16O29P4/c39-15-1-3-51(37(62)45-15)32-21(57)24(12(78-32)6-73-84(64,65)66)81-86(69,70)76-8-14-26(23(59)34(80-14)54-10-44-18-28(54)48-36(42)50-30(18)61)83-87(71,72)75-7-13-25(22(58)33(79-13)52-4-2-16(40)46-38(52)63)82-85(67,68)74-5-11-19(55)20(56)31(77-11)53-9-43-17-27(53)47-35(41)49-29(17)60/h1-4,9-14,19-26,31-34,55-59H,5-8H2,(H,67,68)(H,69,70)(H,71,72)(H2,39,45,62)(H2,40,46,63)(H2,64,65,66)(H3,41,47,49,60)(H3,42,48,50,61)/t11-,12-,13-,14-,19-,20-,21-,22-,23-,24-,25-,26-,31-,32-,33-,34-/m1/s1. The maximum atomic E-state index is 14.1. The number of nitrogens with two attached hydrogens (primary N) is 4. The average molecular weight is 1320 g/mol. The van der Waals surface area contributed by atoms with E-state index >= 15 is 0 Å². The van der Waals surface area contributed by atoms with Crippen LogP contribution in [0.5, 0.6) is 0 Å². The fourth-order valence-electron chi connectivity index (χ4n) is 9.46. The molecule has 0 spiro atoms. The van der Waals surface area contributed by atoms with E-state index in [0.717, 1.165) is 46.3 Å². The number of hydrogen-bond donors (Lipinski definition) is 16. The topological polar surface area (TPSA) is 673 Å². The van der Waals surface area contributed by atoms with Crippen LogP contribution in [-0.2, 0) is 68.9 Å². The SMILES string of the molecule is Nc1ccn([C@@H]2O[C@H](COP(=O)(O)O)[C@@H](OP(=O)(O)OC[C@H]3O[C@@H](n4cnc5c(=O)[nH]c(N)nc54)[C@H](O)[C@@H]3OP(=O)(O)OC[C@H]3O[C@@H](n4ccc(N)nc4=O)[C@H](O)[C@@H]3OP(=O)(O)OC[C@H]3O[C@@H](n4cnc5c(=O)[nH]c(N)nc54)[C@H](O)[C@@H]3O)[C@H]2O)c(=O)n1. The number of nitrogens with one attached hydrogen (secondary N) is 2. The van der Waals surface area contributed by atoms with Crippen molar-refractivity contribution in [2.24, 2.45) is 0 Å². The van der Waals surface area contributed by atoms with Crippen molar-refractivity contribution in [2.75, 3.05) is 49.4 Å². The maximum absolute atomic E-state index is 14.1. The van der Waals surface area contributed by atoms with Crippen LogP contribution in [0.4, 0.5) is 23.5 Å². The van der Waals surface area contributed by atoms with Gasteiger partial charge in [0.1, 0.15) is 84.9 Å². The third-order valence-corrected chi connectivity index (χ3v) is 16.8. The smallest absolute Gasteiger partial charge is 0.387 e. The molecule has 6 aromatic rings. The van der Waals surface area contributed by atoms with Crippen molar-refractivity contribution in [1.29, 1.82) is 0 Å². The molecule has 3 unspecified atom stereocenters. The van der Waals surface area contributed by atoms with Gasteiger partial charge in [-0.1, -0.05) is 0 Å². The molecule has 4 saturated heterocycles. The molecular formula is C38H50N16O29P4. The normalized spacial score (nSPS) is 31.6. The maximum Gasteiger partial charge on any atom is 0.472 e. The van der Waals surface area contributed by atoms with Crippen molar-refractivity contribution < 1.29 is 119 Å². The first-order valence-electron chi connectivity index (χ1n) is 24.6. The van der Waals surface area contributed by atoms with Crippen molar-refractivity contribution in [2.45, 2.75) is 98.2 Å². The van der Waals surface area contributed by atoms with Gasteiger partial charge in [-0.2, -0.15) is 19.9 Å². The molecule has 19 atom stereocenters. The van der Waals surface area contributed by atoms with Crippen LogP contribution < -0.4 is 45.4 Å². The number of nitrogens with zero attached hydrogens (tertiary/aromatic N) is 10. The van der Waals surface area contributed by atoms with E-state index < -0.39 is 190 Å². The van der Waals surface area contributed by atoms with Crippen LogP contribution in [0.15, 0.2) is 56.4 Å². The Morgan fingerprint density at radius 2 is 0.805 bits per heavy atom. The van der Waals surface area contributed by atoms with Gasteiger partial charge in [-0.3, -0.25) is 69.5 Å². The predicted molar refractivity (Wildman–Crippen MR) is 277 cm³/mol. The third-order valence-electron chi connectivity index (χ3n) is 13.3. The summed E-state index contributed by atoms with van der Waals surface area (Å²) in [5.41, 5.74) is 17.4. The summed E-state index contributed by atoms with van der Waals surface area (Å²) in [5, 5.41) is 56.3. The molecule has 4 aliphatic heterocycles. The van der Waals surface area contributed by atoms with Crippen molar-refractivity contribution in [3.8, 4) is 0 Å². The number of nitrogen functional groups attached to an aromatic ring is 4. The highest BCUT2D eigenvalue weighted by Gasteiger charge is 2.55. The first kappa shape index (κ1) is 63.7. The number of imidazole rings is 2. The van der Waals surface area contributed by atoms with Gasteiger partial charge in [-0.05, 0) is 12.1 Å². The fourth-order valence-corrected chi connectivity index (χ4v) is 12.7. The molecule has 10 rings (SSSR count). The minimum Gasteiger partial charge on any atom is -0.387 e. The zero-order valence-corrected chi connectivity index (χ0v) is 46.9. The molecular weight excluding hydrogens is 1270 g/mol. The van der Waals surface area contributed by atoms with Gasteiger partial charge in [-0.25, -0.2) is 37.8 Å². The van der Waals surface area contributed by atoms with Crippen LogP contribution in [0.1, 0.15) is 24.9 Å². The Bertz CT molecular complexity index is 4010. The number of anilines is 4. The van der Waals surface area contributed by atoms with E-state index in [4.69, 9.17) is 69.0 Å². The van der Waals surface area contributed by atoms with E-state index in [1.54, 1.807) is 0 Å². The summed E-state index contributed by atoms with van der Waals surface area (Å²) in [7, 11) is -22.5. The first-order chi connectivity index (χ1) is 40.8. The molecule has 0 radical (unpaired) electrons. The van der Waals surface area contributed by atoms with Gasteiger partial charge in [0.15, 0.2) is 47.2 Å². The number of aliphatic hydroxyl groups is 5. The second-order valence-electron chi connectivity index (χ2n) is 19.1. The summed E-state index contributed by atoms with van der Waals surface area (Å²) in [6.45, 7) is -4.88. The number of aromatic nitrogens is 12. The number of aromatic amines is 2. The summed E-state index contributed by atoms with van der Waals surface area (Å²) in [5.74, 6) is -1.41. The Morgan fingerprint density at radius 1 is 0.471 bits per heavy atom. The molecule has 20 N–H and O–H groups in total. The molecule has 0 amide bonds. The van der Waals surface area contributed by atoms with Crippen LogP contribution in [0.2, 0.25) is 0 Å². The minimum absolute atomic E-state index is 0.191. The summed E-state index contributed by atoms with van der Waals surface area (Å²) in [6.07, 6.45) is -28.0. The molecule has 45 nitrogen and oxygen atoms in total. The first-order valence-corrected chi connectivity index (χ1v) is 30.6. The van der Waals surface area contributed by atoms with Crippen LogP contribution in [0.25, 0.3) is 22.3 Å². The highest BCUT2D eigenvalue weighted by atomic mass is 31.2. The zero-order valence-electron chi connectivity index (χ0n) is 43.3. The third kappa shape index (κ3) is 13.5. The molecule has 0 bridgehead atoms. The van der Waals surface area contributed by atoms with Crippen LogP contribution in [0.3, 0.4) is 0 Å². The lowest BCUT2D eigenvalue weighted by Crippen LogP contribution is -2.39. The quantitative estimate of drug-likeness (QED) is 0.0281. The van der Waals surface area contributed by atoms with Gasteiger partial charge in [0.05, 0.1) is 39.1 Å². The monoisotopic (exact) mass is 1320 g/mol. The molecule has 10 heterocycles. The van der Waals surface area contributed by atoms with Crippen molar-refractivity contribution in [3.05, 3.63) is 78.9 Å². The fraction of sp³-hybridized carbons (Fsp3) is 0.526. The molecule has 476 valence electrons. The Kier molecular flexibility index (Phi) is 17.8. The predicted octanol–water partition coefficient (Wildman–Crippen LogP) is -6.89. The Hall–Kier alpha value is -6.26. The molecule has 6 aromatic heterocycles. The Labute approximate surface area is 479 Å². The minimum atomic E-state index is -5.82. The number of H-pyrrole nitrogens is 2. The second-order valence-corrected chi connectivity index (χ2v) is 24.6. The van der Waals surface area contributed by atoms with Crippen LogP contribution in [-0.4, -0.2) is 208 Å². The van der Waals surface area contributed by atoms with Crippen molar-refractivity contribution in [1.82, 2.24) is 58.1 Å². The van der Waals surface area contributed by atoms with Crippen molar-refractivity contribution in [3.63, 3.8) is 0 Å². The summed E-state index contributed by atoms with van der Waals surface area (Å²) in [6, 6.07) is 2.16. The summed E-state index contributed by atoms with van der Waals surface area (Å²) in [4.78, 5) is 130. The van der Waals surface area contributed by atoms with E-state index in [1.165, 1.54) is 0 Å². The second kappa shape index (κ2) is 24.3. The van der Waals surface area contributed by atoms with Crippen molar-refractivity contribution >= 4 is 77.2 Å². The van der Waals surface area contributed by atoms with Crippen LogP contribution >= 0.6 is 31.3 Å². The number of phosphoric ester groups is 4. The number of fused-ring (bicyclic) bond motifs is 2. The van der Waals surface area contributed by atoms with E-state index in [-0.39, 0.29) is 34.4 Å². The van der Waals surface area contributed by atoms with Gasteiger partial charge >= 0.3 is 42.7 Å². The lowest BCUT2D eigenvalue weighted by atomic mass is 10.1. The van der Waals surface area contributed by atoms with E-state index in [9.17, 15) is 87.4 Å². The Morgan fingerprint density at radius 3 is 1.17 bits per heavy atom. The number of aliphatic hydroxyl groups excluding tert-OH is 5. The molecule has 4 aliphatic rings. The van der Waals surface area contributed by atoms with Gasteiger partial charge in [0, 0.05) is 12.4 Å². The molecule has 0 aromatic carbocycles. The van der Waals surface area contributed by atoms with E-state index in [0.29, 0.717) is 9.13 Å².